The van der Waals surface area contributed by atoms with Crippen LogP contribution in [0.1, 0.15) is 35.7 Å². The van der Waals surface area contributed by atoms with Gasteiger partial charge in [-0.1, -0.05) is 48.7 Å². The van der Waals surface area contributed by atoms with E-state index in [0.29, 0.717) is 17.1 Å². The van der Waals surface area contributed by atoms with E-state index in [2.05, 4.69) is 17.6 Å². The molecule has 2 rings (SSSR count). The van der Waals surface area contributed by atoms with Gasteiger partial charge in [-0.3, -0.25) is 9.59 Å². The van der Waals surface area contributed by atoms with Crippen molar-refractivity contribution < 1.29 is 9.59 Å². The van der Waals surface area contributed by atoms with Crippen LogP contribution in [0.4, 0.5) is 5.69 Å². The van der Waals surface area contributed by atoms with Gasteiger partial charge in [0, 0.05) is 10.7 Å². The summed E-state index contributed by atoms with van der Waals surface area (Å²) in [5, 5.41) is 6.37. The van der Waals surface area contributed by atoms with E-state index < -0.39 is 11.9 Å². The molecule has 150 valence electrons. The molecule has 2 amide bonds. The molecule has 28 heavy (non-hydrogen) atoms. The summed E-state index contributed by atoms with van der Waals surface area (Å²) >= 11 is 13.6. The summed E-state index contributed by atoms with van der Waals surface area (Å²) in [5.74, 6) is 0.0826. The van der Waals surface area contributed by atoms with Crippen molar-refractivity contribution in [2.45, 2.75) is 32.2 Å². The summed E-state index contributed by atoms with van der Waals surface area (Å²) < 4.78 is 0. The minimum Gasteiger partial charge on any atom is -0.340 e. The smallest absolute Gasteiger partial charge is 0.253 e. The lowest BCUT2D eigenvalue weighted by atomic mass is 10.1. The summed E-state index contributed by atoms with van der Waals surface area (Å²) in [6.07, 6.45) is 4.54. The Balaban J connectivity index is 2.08. The fourth-order valence-corrected chi connectivity index (χ4v) is 3.65. The third-order valence-electron chi connectivity index (χ3n) is 4.17. The van der Waals surface area contributed by atoms with Crippen molar-refractivity contribution in [1.29, 1.82) is 0 Å². The van der Waals surface area contributed by atoms with E-state index in [4.69, 9.17) is 23.2 Å². The van der Waals surface area contributed by atoms with Gasteiger partial charge < -0.3 is 10.6 Å². The van der Waals surface area contributed by atoms with Crippen molar-refractivity contribution in [3.05, 3.63) is 63.6 Å². The Kier molecular flexibility index (Phi) is 9.16. The Labute approximate surface area is 180 Å². The van der Waals surface area contributed by atoms with E-state index in [1.807, 2.05) is 30.5 Å². The number of thioether (sulfide) groups is 1. The Morgan fingerprint density at radius 3 is 2.43 bits per heavy atom. The van der Waals surface area contributed by atoms with Crippen LogP contribution >= 0.6 is 35.0 Å². The van der Waals surface area contributed by atoms with E-state index in [0.717, 1.165) is 18.6 Å². The highest BCUT2D eigenvalue weighted by Gasteiger charge is 2.22. The maximum absolute atomic E-state index is 12.7. The highest BCUT2D eigenvalue weighted by atomic mass is 35.5. The van der Waals surface area contributed by atoms with Crippen LogP contribution in [0.15, 0.2) is 42.5 Å². The Hall–Kier alpha value is -1.69. The van der Waals surface area contributed by atoms with Crippen molar-refractivity contribution in [1.82, 2.24) is 5.32 Å². The van der Waals surface area contributed by atoms with Crippen molar-refractivity contribution >= 4 is 52.5 Å². The van der Waals surface area contributed by atoms with Gasteiger partial charge in [-0.15, -0.1) is 0 Å². The molecule has 7 heteroatoms. The van der Waals surface area contributed by atoms with Crippen LogP contribution in [0.25, 0.3) is 0 Å². The number of carbonyl (C=O) groups excluding carboxylic acids is 2. The fraction of sp³-hybridized carbons (Fsp3) is 0.333. The standard InChI is InChI=1S/C21H24Cl2N2O2S/c1-3-4-14-5-8-16(9-6-14)24-21(27)19(11-12-28-2)25-20(26)17-10-7-15(22)13-18(17)23/h5-10,13,19H,3-4,11-12H2,1-2H3,(H,24,27)(H,25,26). The summed E-state index contributed by atoms with van der Waals surface area (Å²) in [6, 6.07) is 11.8. The first-order valence-corrected chi connectivity index (χ1v) is 11.2. The van der Waals surface area contributed by atoms with E-state index in [-0.39, 0.29) is 16.5 Å². The molecule has 0 aromatic heterocycles. The molecule has 4 nitrogen and oxygen atoms in total. The monoisotopic (exact) mass is 438 g/mol. The molecule has 0 aliphatic rings. The number of nitrogens with one attached hydrogen (secondary N) is 2. The van der Waals surface area contributed by atoms with Crippen LogP contribution < -0.4 is 10.6 Å². The minimum atomic E-state index is -0.665. The molecule has 1 unspecified atom stereocenters. The Bertz CT molecular complexity index is 813. The Morgan fingerprint density at radius 2 is 1.82 bits per heavy atom. The van der Waals surface area contributed by atoms with Gasteiger partial charge in [0.05, 0.1) is 10.6 Å². The molecule has 2 N–H and O–H groups in total. The number of aryl methyl sites for hydroxylation is 1. The molecule has 0 saturated carbocycles. The van der Waals surface area contributed by atoms with Crippen molar-refractivity contribution in [3.8, 4) is 0 Å². The highest BCUT2D eigenvalue weighted by molar-refractivity contribution is 7.98. The topological polar surface area (TPSA) is 58.2 Å². The minimum absolute atomic E-state index is 0.250. The molecule has 0 aliphatic carbocycles. The van der Waals surface area contributed by atoms with Crippen molar-refractivity contribution in [3.63, 3.8) is 0 Å². The summed E-state index contributed by atoms with van der Waals surface area (Å²) in [4.78, 5) is 25.3. The second-order valence-corrected chi connectivity index (χ2v) is 8.20. The lowest BCUT2D eigenvalue weighted by Gasteiger charge is -2.19. The number of benzene rings is 2. The van der Waals surface area contributed by atoms with Gasteiger partial charge in [0.1, 0.15) is 6.04 Å². The number of anilines is 1. The van der Waals surface area contributed by atoms with Gasteiger partial charge >= 0.3 is 0 Å². The zero-order valence-electron chi connectivity index (χ0n) is 15.9. The van der Waals surface area contributed by atoms with Gasteiger partial charge in [-0.05, 0) is 60.7 Å². The van der Waals surface area contributed by atoms with E-state index >= 15 is 0 Å². The largest absolute Gasteiger partial charge is 0.340 e. The van der Waals surface area contributed by atoms with Crippen molar-refractivity contribution in [2.75, 3.05) is 17.3 Å². The predicted octanol–water partition coefficient (Wildman–Crippen LogP) is 5.44. The first kappa shape index (κ1) is 22.6. The highest BCUT2D eigenvalue weighted by Crippen LogP contribution is 2.21. The summed E-state index contributed by atoms with van der Waals surface area (Å²) in [6.45, 7) is 2.13. The molecule has 0 heterocycles. The molecule has 0 radical (unpaired) electrons. The molecule has 0 bridgehead atoms. The fourth-order valence-electron chi connectivity index (χ4n) is 2.69. The van der Waals surface area contributed by atoms with Gasteiger partial charge in [-0.25, -0.2) is 0 Å². The number of amides is 2. The maximum Gasteiger partial charge on any atom is 0.253 e. The van der Waals surface area contributed by atoms with E-state index in [1.54, 1.807) is 23.9 Å². The number of carbonyl (C=O) groups is 2. The first-order valence-electron chi connectivity index (χ1n) is 9.09. The average Bonchev–Trinajstić information content (AvgIpc) is 2.66. The van der Waals surface area contributed by atoms with Gasteiger partial charge in [-0.2, -0.15) is 11.8 Å². The first-order chi connectivity index (χ1) is 13.4. The SMILES string of the molecule is CCCc1ccc(NC(=O)C(CCSC)NC(=O)c2ccc(Cl)cc2Cl)cc1. The molecule has 2 aromatic carbocycles. The average molecular weight is 439 g/mol. The molecule has 1 atom stereocenters. The lowest BCUT2D eigenvalue weighted by molar-refractivity contribution is -0.118. The normalized spacial score (nSPS) is 11.7. The van der Waals surface area contributed by atoms with Crippen LogP contribution in [0.2, 0.25) is 10.0 Å². The number of hydrogen-bond acceptors (Lipinski definition) is 3. The second kappa shape index (κ2) is 11.3. The van der Waals surface area contributed by atoms with Gasteiger partial charge in [0.15, 0.2) is 0 Å². The molecular weight excluding hydrogens is 415 g/mol. The van der Waals surface area contributed by atoms with Crippen LogP contribution in [-0.2, 0) is 11.2 Å². The molecule has 0 fully saturated rings. The number of halogens is 2. The van der Waals surface area contributed by atoms with Crippen LogP contribution in [0.5, 0.6) is 0 Å². The zero-order valence-corrected chi connectivity index (χ0v) is 18.3. The van der Waals surface area contributed by atoms with Crippen LogP contribution in [-0.4, -0.2) is 29.9 Å². The third kappa shape index (κ3) is 6.73. The number of hydrogen-bond donors (Lipinski definition) is 2. The second-order valence-electron chi connectivity index (χ2n) is 6.37. The molecule has 2 aromatic rings. The van der Waals surface area contributed by atoms with Crippen molar-refractivity contribution in [2.24, 2.45) is 0 Å². The lowest BCUT2D eigenvalue weighted by Crippen LogP contribution is -2.44. The third-order valence-corrected chi connectivity index (χ3v) is 5.36. The van der Waals surface area contributed by atoms with Gasteiger partial charge in [0.25, 0.3) is 5.91 Å². The zero-order chi connectivity index (χ0) is 20.5. The number of rotatable bonds is 9. The predicted molar refractivity (Wildman–Crippen MR) is 120 cm³/mol. The molecule has 0 aliphatic heterocycles. The molecular formula is C21H24Cl2N2O2S. The van der Waals surface area contributed by atoms with E-state index in [1.165, 1.54) is 11.6 Å². The quantitative estimate of drug-likeness (QED) is 0.547. The molecule has 0 saturated heterocycles. The maximum atomic E-state index is 12.7. The summed E-state index contributed by atoms with van der Waals surface area (Å²) in [7, 11) is 0. The van der Waals surface area contributed by atoms with Gasteiger partial charge in [0.2, 0.25) is 5.91 Å². The van der Waals surface area contributed by atoms with E-state index in [9.17, 15) is 9.59 Å². The summed E-state index contributed by atoms with van der Waals surface area (Å²) in [5.41, 5.74) is 2.22. The van der Waals surface area contributed by atoms with Crippen LogP contribution in [0.3, 0.4) is 0 Å². The van der Waals surface area contributed by atoms with Crippen LogP contribution in [0, 0.1) is 0 Å². The molecule has 0 spiro atoms. The Morgan fingerprint density at radius 1 is 1.11 bits per heavy atom.